The van der Waals surface area contributed by atoms with Crippen LogP contribution in [-0.2, 0) is 13.1 Å². The maximum Gasteiger partial charge on any atom is 0.195 e. The van der Waals surface area contributed by atoms with E-state index in [1.165, 1.54) is 0 Å². The zero-order valence-corrected chi connectivity index (χ0v) is 18.3. The van der Waals surface area contributed by atoms with Crippen molar-refractivity contribution in [3.63, 3.8) is 0 Å². The molecule has 2 heterocycles. The van der Waals surface area contributed by atoms with Crippen LogP contribution in [0.25, 0.3) is 22.8 Å². The minimum Gasteiger partial charge on any atom is -0.355 e. The Morgan fingerprint density at radius 1 is 0.839 bits per heavy atom. The van der Waals surface area contributed by atoms with Crippen LogP contribution in [-0.4, -0.2) is 29.5 Å². The van der Waals surface area contributed by atoms with Gasteiger partial charge in [-0.05, 0) is 60.8 Å². The lowest BCUT2D eigenvalue weighted by molar-refractivity contribution is 0.814. The number of hydrogen-bond donors (Lipinski definition) is 3. The molecule has 0 aliphatic heterocycles. The van der Waals surface area contributed by atoms with E-state index in [1.54, 1.807) is 12.2 Å². The molecule has 3 N–H and O–H groups in total. The van der Waals surface area contributed by atoms with Crippen molar-refractivity contribution in [1.82, 2.24) is 29.5 Å². The van der Waals surface area contributed by atoms with Crippen LogP contribution in [0.15, 0.2) is 73.8 Å². The summed E-state index contributed by atoms with van der Waals surface area (Å²) in [5.74, 6) is 1.53. The number of hydrogen-bond acceptors (Lipinski definition) is 5. The standard InChI is InChI=1S/C22H21N7S2/c1-3-13-28-19(24-26-21(28)30)15-9-11-16(12-10-15)23-18-8-6-5-7-17(18)20-25-27-22(31)29(20)14-4-2/h3-12,23H,1-2,13-14H2,(H,26,30)(H,27,31). The summed E-state index contributed by atoms with van der Waals surface area (Å²) in [5.41, 5.74) is 3.75. The van der Waals surface area contributed by atoms with Crippen LogP contribution in [0.3, 0.4) is 0 Å². The summed E-state index contributed by atoms with van der Waals surface area (Å²) in [6, 6.07) is 16.0. The van der Waals surface area contributed by atoms with Crippen molar-refractivity contribution < 1.29 is 0 Å². The van der Waals surface area contributed by atoms with Crippen molar-refractivity contribution in [3.05, 3.63) is 83.4 Å². The first-order chi connectivity index (χ1) is 15.1. The predicted molar refractivity (Wildman–Crippen MR) is 129 cm³/mol. The number of H-pyrrole nitrogens is 2. The summed E-state index contributed by atoms with van der Waals surface area (Å²) in [5, 5.41) is 17.9. The van der Waals surface area contributed by atoms with Crippen molar-refractivity contribution in [2.75, 3.05) is 5.32 Å². The molecule has 2 aromatic heterocycles. The molecule has 4 aromatic rings. The molecule has 156 valence electrons. The number of anilines is 2. The molecule has 7 nitrogen and oxygen atoms in total. The van der Waals surface area contributed by atoms with Crippen molar-refractivity contribution in [2.24, 2.45) is 0 Å². The van der Waals surface area contributed by atoms with Gasteiger partial charge in [0, 0.05) is 35.6 Å². The van der Waals surface area contributed by atoms with E-state index in [2.05, 4.69) is 38.9 Å². The van der Waals surface area contributed by atoms with E-state index in [4.69, 9.17) is 24.4 Å². The predicted octanol–water partition coefficient (Wildman–Crippen LogP) is 5.64. The number of benzene rings is 2. The molecule has 0 saturated heterocycles. The first-order valence-corrected chi connectivity index (χ1v) is 10.4. The molecule has 0 aliphatic carbocycles. The smallest absolute Gasteiger partial charge is 0.195 e. The van der Waals surface area contributed by atoms with Gasteiger partial charge in [-0.15, -0.1) is 13.2 Å². The highest BCUT2D eigenvalue weighted by atomic mass is 32.1. The van der Waals surface area contributed by atoms with E-state index >= 15 is 0 Å². The second-order valence-electron chi connectivity index (χ2n) is 6.75. The summed E-state index contributed by atoms with van der Waals surface area (Å²) >= 11 is 10.7. The van der Waals surface area contributed by atoms with Gasteiger partial charge in [-0.25, -0.2) is 0 Å². The van der Waals surface area contributed by atoms with Crippen LogP contribution in [0.4, 0.5) is 11.4 Å². The minimum atomic E-state index is 0.557. The summed E-state index contributed by atoms with van der Waals surface area (Å²) < 4.78 is 4.94. The van der Waals surface area contributed by atoms with Gasteiger partial charge < -0.3 is 5.32 Å². The van der Waals surface area contributed by atoms with Crippen molar-refractivity contribution >= 4 is 35.8 Å². The summed E-state index contributed by atoms with van der Waals surface area (Å²) in [6.07, 6.45) is 3.59. The Morgan fingerprint density at radius 2 is 1.42 bits per heavy atom. The topological polar surface area (TPSA) is 79.2 Å². The second kappa shape index (κ2) is 9.07. The zero-order valence-electron chi connectivity index (χ0n) is 16.7. The highest BCUT2D eigenvalue weighted by Gasteiger charge is 2.13. The Kier molecular flexibility index (Phi) is 6.06. The van der Waals surface area contributed by atoms with E-state index in [-0.39, 0.29) is 0 Å². The van der Waals surface area contributed by atoms with Crippen LogP contribution in [0, 0.1) is 9.54 Å². The van der Waals surface area contributed by atoms with Gasteiger partial charge in [-0.3, -0.25) is 19.3 Å². The summed E-state index contributed by atoms with van der Waals surface area (Å²) in [6.45, 7) is 8.76. The third-order valence-electron chi connectivity index (χ3n) is 4.73. The molecule has 0 radical (unpaired) electrons. The third-order valence-corrected chi connectivity index (χ3v) is 5.35. The van der Waals surface area contributed by atoms with Gasteiger partial charge in [-0.2, -0.15) is 10.2 Å². The molecule has 0 fully saturated rings. The fourth-order valence-corrected chi connectivity index (χ4v) is 3.72. The summed E-state index contributed by atoms with van der Waals surface area (Å²) in [4.78, 5) is 0. The average molecular weight is 448 g/mol. The third kappa shape index (κ3) is 4.18. The first kappa shape index (κ1) is 20.7. The van der Waals surface area contributed by atoms with E-state index in [1.807, 2.05) is 57.7 Å². The van der Waals surface area contributed by atoms with Gasteiger partial charge in [0.1, 0.15) is 0 Å². The highest BCUT2D eigenvalue weighted by Crippen LogP contribution is 2.30. The van der Waals surface area contributed by atoms with Gasteiger partial charge in [0.15, 0.2) is 21.2 Å². The van der Waals surface area contributed by atoms with Crippen molar-refractivity contribution in [2.45, 2.75) is 13.1 Å². The molecule has 0 atom stereocenters. The molecule has 0 unspecified atom stereocenters. The number of rotatable bonds is 8. The Balaban J connectivity index is 1.65. The Morgan fingerprint density at radius 3 is 2.06 bits per heavy atom. The SMILES string of the molecule is C=CCn1c(-c2ccc(Nc3ccccc3-c3n[nH]c(=S)n3CC=C)cc2)n[nH]c1=S. The van der Waals surface area contributed by atoms with Crippen molar-refractivity contribution in [3.8, 4) is 22.8 Å². The molecule has 9 heteroatoms. The van der Waals surface area contributed by atoms with Gasteiger partial charge in [0.25, 0.3) is 0 Å². The maximum atomic E-state index is 5.36. The lowest BCUT2D eigenvalue weighted by Gasteiger charge is -2.13. The first-order valence-electron chi connectivity index (χ1n) is 9.61. The number of para-hydroxylation sites is 1. The van der Waals surface area contributed by atoms with E-state index in [0.29, 0.717) is 22.6 Å². The maximum absolute atomic E-state index is 5.36. The second-order valence-corrected chi connectivity index (χ2v) is 7.52. The van der Waals surface area contributed by atoms with Gasteiger partial charge >= 0.3 is 0 Å². The number of aromatic nitrogens is 6. The van der Waals surface area contributed by atoms with Gasteiger partial charge in [-0.1, -0.05) is 24.3 Å². The fraction of sp³-hybridized carbons (Fsp3) is 0.0909. The molecule has 0 saturated carbocycles. The Labute approximate surface area is 189 Å². The Hall–Kier alpha value is -3.56. The van der Waals surface area contributed by atoms with Crippen LogP contribution >= 0.6 is 24.4 Å². The molecule has 0 bridgehead atoms. The average Bonchev–Trinajstić information content (AvgIpc) is 3.33. The molecular formula is C22H21N7S2. The van der Waals surface area contributed by atoms with Crippen LogP contribution in [0.5, 0.6) is 0 Å². The number of aromatic amines is 2. The normalized spacial score (nSPS) is 10.7. The van der Waals surface area contributed by atoms with Gasteiger partial charge in [0.05, 0.1) is 0 Å². The fourth-order valence-electron chi connectivity index (χ4n) is 3.30. The van der Waals surface area contributed by atoms with E-state index in [0.717, 1.165) is 34.2 Å². The lowest BCUT2D eigenvalue weighted by atomic mass is 10.1. The van der Waals surface area contributed by atoms with Crippen LogP contribution in [0.1, 0.15) is 0 Å². The lowest BCUT2D eigenvalue weighted by Crippen LogP contribution is -2.01. The quantitative estimate of drug-likeness (QED) is 0.240. The van der Waals surface area contributed by atoms with E-state index in [9.17, 15) is 0 Å². The molecular weight excluding hydrogens is 426 g/mol. The molecule has 0 amide bonds. The molecule has 0 spiro atoms. The Bertz CT molecular complexity index is 1340. The largest absolute Gasteiger partial charge is 0.355 e. The number of allylic oxidation sites excluding steroid dienone is 2. The summed E-state index contributed by atoms with van der Waals surface area (Å²) in [7, 11) is 0. The van der Waals surface area contributed by atoms with Crippen molar-refractivity contribution in [1.29, 1.82) is 0 Å². The molecule has 2 aromatic carbocycles. The molecule has 31 heavy (non-hydrogen) atoms. The van der Waals surface area contributed by atoms with E-state index < -0.39 is 0 Å². The zero-order chi connectivity index (χ0) is 21.8. The number of nitrogens with zero attached hydrogens (tertiary/aromatic N) is 4. The molecule has 4 rings (SSSR count). The molecule has 0 aliphatic rings. The van der Waals surface area contributed by atoms with Crippen LogP contribution < -0.4 is 5.32 Å². The number of nitrogens with one attached hydrogen (secondary N) is 3. The monoisotopic (exact) mass is 447 g/mol. The van der Waals surface area contributed by atoms with Gasteiger partial charge in [0.2, 0.25) is 0 Å². The minimum absolute atomic E-state index is 0.557. The highest BCUT2D eigenvalue weighted by molar-refractivity contribution is 7.71. The van der Waals surface area contributed by atoms with Crippen LogP contribution in [0.2, 0.25) is 0 Å².